The third-order valence-corrected chi connectivity index (χ3v) is 3.36. The summed E-state index contributed by atoms with van der Waals surface area (Å²) in [6, 6.07) is 15.6. The molecule has 1 amide bonds. The van der Waals surface area contributed by atoms with Gasteiger partial charge in [0.25, 0.3) is 5.91 Å². The second-order valence-corrected chi connectivity index (χ2v) is 4.99. The van der Waals surface area contributed by atoms with Crippen molar-refractivity contribution in [2.45, 2.75) is 0 Å². The molecule has 0 bridgehead atoms. The van der Waals surface area contributed by atoms with Gasteiger partial charge in [0.1, 0.15) is 23.1 Å². The summed E-state index contributed by atoms with van der Waals surface area (Å²) < 4.78 is 32.8. The second-order valence-electron chi connectivity index (χ2n) is 4.99. The molecule has 0 aliphatic heterocycles. The van der Waals surface area contributed by atoms with Gasteiger partial charge in [-0.3, -0.25) is 4.79 Å². The quantitative estimate of drug-likeness (QED) is 0.704. The summed E-state index contributed by atoms with van der Waals surface area (Å²) >= 11 is 0. The molecule has 0 saturated heterocycles. The summed E-state index contributed by atoms with van der Waals surface area (Å²) in [4.78, 5) is 12.6. The van der Waals surface area contributed by atoms with Gasteiger partial charge in [-0.2, -0.15) is 0 Å². The molecule has 1 aromatic heterocycles. The molecule has 1 N–H and O–H groups in total. The summed E-state index contributed by atoms with van der Waals surface area (Å²) in [5.74, 6) is -1.86. The van der Waals surface area contributed by atoms with Crippen LogP contribution in [-0.4, -0.2) is 5.91 Å². The molecule has 3 nitrogen and oxygen atoms in total. The molecule has 5 heteroatoms. The van der Waals surface area contributed by atoms with Crippen molar-refractivity contribution >= 4 is 23.2 Å². The molecule has 0 saturated carbocycles. The number of benzene rings is 2. The topological polar surface area (TPSA) is 42.2 Å². The molecule has 0 aliphatic carbocycles. The number of anilines is 1. The van der Waals surface area contributed by atoms with E-state index < -0.39 is 23.2 Å². The van der Waals surface area contributed by atoms with Crippen LogP contribution >= 0.6 is 0 Å². The Morgan fingerprint density at radius 3 is 2.25 bits per heavy atom. The maximum atomic E-state index is 13.8. The van der Waals surface area contributed by atoms with Gasteiger partial charge in [0, 0.05) is 0 Å². The zero-order chi connectivity index (χ0) is 16.9. The predicted octanol–water partition coefficient (Wildman–Crippen LogP) is 4.74. The van der Waals surface area contributed by atoms with Crippen molar-refractivity contribution in [3.8, 4) is 0 Å². The van der Waals surface area contributed by atoms with Crippen LogP contribution in [0, 0.1) is 11.6 Å². The van der Waals surface area contributed by atoms with Gasteiger partial charge in [0.2, 0.25) is 0 Å². The lowest BCUT2D eigenvalue weighted by molar-refractivity contribution is -0.111. The van der Waals surface area contributed by atoms with Crippen molar-refractivity contribution in [3.05, 3.63) is 89.9 Å². The van der Waals surface area contributed by atoms with Crippen LogP contribution in [0.25, 0.3) is 11.6 Å². The molecule has 3 aromatic rings. The highest BCUT2D eigenvalue weighted by Gasteiger charge is 2.17. The number of carbonyl (C=O) groups excluding carboxylic acids is 1. The van der Waals surface area contributed by atoms with Crippen molar-refractivity contribution in [3.63, 3.8) is 0 Å². The molecule has 0 fully saturated rings. The smallest absolute Gasteiger partial charge is 0.256 e. The van der Waals surface area contributed by atoms with E-state index in [0.29, 0.717) is 11.3 Å². The van der Waals surface area contributed by atoms with Gasteiger partial charge in [-0.05, 0) is 35.9 Å². The van der Waals surface area contributed by atoms with Crippen LogP contribution in [-0.2, 0) is 4.79 Å². The van der Waals surface area contributed by atoms with Gasteiger partial charge < -0.3 is 9.73 Å². The zero-order valence-electron chi connectivity index (χ0n) is 12.5. The summed E-state index contributed by atoms with van der Waals surface area (Å²) in [6.07, 6.45) is 2.99. The summed E-state index contributed by atoms with van der Waals surface area (Å²) in [6.45, 7) is 0. The van der Waals surface area contributed by atoms with Gasteiger partial charge in [-0.25, -0.2) is 8.78 Å². The van der Waals surface area contributed by atoms with Crippen LogP contribution in [0.15, 0.2) is 71.3 Å². The molecule has 24 heavy (non-hydrogen) atoms. The van der Waals surface area contributed by atoms with Gasteiger partial charge in [-0.1, -0.05) is 36.4 Å². The highest BCUT2D eigenvalue weighted by atomic mass is 19.1. The molecule has 120 valence electrons. The number of para-hydroxylation sites is 1. The van der Waals surface area contributed by atoms with Gasteiger partial charge in [0.05, 0.1) is 11.8 Å². The Morgan fingerprint density at radius 1 is 0.917 bits per heavy atom. The first kappa shape index (κ1) is 15.7. The first-order valence-corrected chi connectivity index (χ1v) is 7.21. The van der Waals surface area contributed by atoms with E-state index in [-0.39, 0.29) is 5.57 Å². The fraction of sp³-hybridized carbons (Fsp3) is 0. The molecule has 3 rings (SSSR count). The van der Waals surface area contributed by atoms with Gasteiger partial charge >= 0.3 is 0 Å². The van der Waals surface area contributed by atoms with Crippen LogP contribution in [0.3, 0.4) is 0 Å². The lowest BCUT2D eigenvalue weighted by Crippen LogP contribution is -2.15. The molecule has 0 unspecified atom stereocenters. The number of hydrogen-bond acceptors (Lipinski definition) is 2. The van der Waals surface area contributed by atoms with Crippen LogP contribution in [0.4, 0.5) is 14.5 Å². The van der Waals surface area contributed by atoms with Gasteiger partial charge in [-0.15, -0.1) is 0 Å². The number of halogens is 2. The standard InChI is InChI=1S/C19H13F2NO2/c20-16-9-4-10-17(21)18(16)22-19(23)15(12-14-8-5-11-24-14)13-6-2-1-3-7-13/h1-12H,(H,22,23)/b15-12+. The Labute approximate surface area is 137 Å². The SMILES string of the molecule is O=C(Nc1c(F)cccc1F)/C(=C/c1ccco1)c1ccccc1. The van der Waals surface area contributed by atoms with Crippen LogP contribution in [0.5, 0.6) is 0 Å². The lowest BCUT2D eigenvalue weighted by atomic mass is 10.0. The number of nitrogens with one attached hydrogen (secondary N) is 1. The largest absolute Gasteiger partial charge is 0.465 e. The summed E-state index contributed by atoms with van der Waals surface area (Å²) in [7, 11) is 0. The van der Waals surface area contributed by atoms with Gasteiger partial charge in [0.15, 0.2) is 0 Å². The molecule has 0 atom stereocenters. The fourth-order valence-corrected chi connectivity index (χ4v) is 2.21. The molecular weight excluding hydrogens is 312 g/mol. The molecular formula is C19H13F2NO2. The van der Waals surface area contributed by atoms with E-state index in [1.807, 2.05) is 6.07 Å². The maximum absolute atomic E-state index is 13.8. The van der Waals surface area contributed by atoms with E-state index >= 15 is 0 Å². The van der Waals surface area contributed by atoms with Crippen LogP contribution in [0.1, 0.15) is 11.3 Å². The second kappa shape index (κ2) is 6.91. The molecule has 0 spiro atoms. The minimum Gasteiger partial charge on any atom is -0.465 e. The first-order chi connectivity index (χ1) is 11.6. The summed E-state index contributed by atoms with van der Waals surface area (Å²) in [5.41, 5.74) is 0.347. The van der Waals surface area contributed by atoms with E-state index in [1.54, 1.807) is 36.4 Å². The highest BCUT2D eigenvalue weighted by molar-refractivity contribution is 6.29. The van der Waals surface area contributed by atoms with Crippen molar-refractivity contribution < 1.29 is 18.0 Å². The molecule has 1 heterocycles. The predicted molar refractivity (Wildman–Crippen MR) is 88.0 cm³/mol. The Kier molecular flexibility index (Phi) is 4.52. The normalized spacial score (nSPS) is 11.3. The maximum Gasteiger partial charge on any atom is 0.256 e. The number of amides is 1. The fourth-order valence-electron chi connectivity index (χ4n) is 2.21. The minimum absolute atomic E-state index is 0.230. The number of furan rings is 1. The Balaban J connectivity index is 1.98. The minimum atomic E-state index is -0.839. The van der Waals surface area contributed by atoms with Crippen molar-refractivity contribution in [2.75, 3.05) is 5.32 Å². The van der Waals surface area contributed by atoms with Crippen molar-refractivity contribution in [1.82, 2.24) is 0 Å². The zero-order valence-corrected chi connectivity index (χ0v) is 12.5. The Bertz CT molecular complexity index is 851. The lowest BCUT2D eigenvalue weighted by Gasteiger charge is -2.10. The van der Waals surface area contributed by atoms with Crippen molar-refractivity contribution in [2.24, 2.45) is 0 Å². The third-order valence-electron chi connectivity index (χ3n) is 3.36. The number of hydrogen-bond donors (Lipinski definition) is 1. The number of carbonyl (C=O) groups is 1. The molecule has 0 aliphatic rings. The monoisotopic (exact) mass is 325 g/mol. The number of rotatable bonds is 4. The molecule has 0 radical (unpaired) electrons. The van der Waals surface area contributed by atoms with Crippen molar-refractivity contribution in [1.29, 1.82) is 0 Å². The van der Waals surface area contributed by atoms with Crippen LogP contribution in [0.2, 0.25) is 0 Å². The average Bonchev–Trinajstić information content (AvgIpc) is 3.10. The van der Waals surface area contributed by atoms with E-state index in [0.717, 1.165) is 12.1 Å². The Hall–Kier alpha value is -3.21. The first-order valence-electron chi connectivity index (χ1n) is 7.21. The van der Waals surface area contributed by atoms with E-state index in [2.05, 4.69) is 5.32 Å². The van der Waals surface area contributed by atoms with E-state index in [9.17, 15) is 13.6 Å². The van der Waals surface area contributed by atoms with Crippen LogP contribution < -0.4 is 5.32 Å². The third kappa shape index (κ3) is 3.41. The van der Waals surface area contributed by atoms with E-state index in [1.165, 1.54) is 18.4 Å². The summed E-state index contributed by atoms with van der Waals surface area (Å²) in [5, 5.41) is 2.29. The molecule has 2 aromatic carbocycles. The average molecular weight is 325 g/mol. The van der Waals surface area contributed by atoms with E-state index in [4.69, 9.17) is 4.42 Å². The Morgan fingerprint density at radius 2 is 1.62 bits per heavy atom. The highest BCUT2D eigenvalue weighted by Crippen LogP contribution is 2.23.